The van der Waals surface area contributed by atoms with Crippen molar-refractivity contribution in [2.24, 2.45) is 0 Å². The second kappa shape index (κ2) is 83.3. The van der Waals surface area contributed by atoms with Crippen molar-refractivity contribution in [3.63, 3.8) is 0 Å². The van der Waals surface area contributed by atoms with E-state index in [1.54, 1.807) is 6.08 Å². The van der Waals surface area contributed by atoms with E-state index >= 15 is 0 Å². The van der Waals surface area contributed by atoms with E-state index in [1.165, 1.54) is 11.1 Å². The van der Waals surface area contributed by atoms with Gasteiger partial charge in [0.1, 0.15) is 0 Å². The van der Waals surface area contributed by atoms with E-state index in [2.05, 4.69) is 156 Å². The predicted molar refractivity (Wildman–Crippen MR) is 316 cm³/mol. The van der Waals surface area contributed by atoms with Crippen LogP contribution in [0.25, 0.3) is 12.2 Å². The van der Waals surface area contributed by atoms with Crippen molar-refractivity contribution in [3.05, 3.63) is 180 Å². The normalized spacial score (nSPS) is 7.21. The Morgan fingerprint density at radius 2 is 0.868 bits per heavy atom. The van der Waals surface area contributed by atoms with Crippen LogP contribution in [0.5, 0.6) is 0 Å². The van der Waals surface area contributed by atoms with Gasteiger partial charge in [0.05, 0.1) is 8.48 Å². The van der Waals surface area contributed by atoms with Crippen molar-refractivity contribution in [1.82, 2.24) is 0 Å². The number of halogens is 4. The number of hydrogen-bond donors (Lipinski definition) is 2. The smallest absolute Gasteiger partial charge is 0.300 e. The molecule has 0 aliphatic heterocycles. The van der Waals surface area contributed by atoms with Crippen LogP contribution in [0.1, 0.15) is 131 Å². The van der Waals surface area contributed by atoms with E-state index in [1.807, 2.05) is 138 Å². The summed E-state index contributed by atoms with van der Waals surface area (Å²) < 4.78 is 1.75. The minimum absolute atomic E-state index is 0. The standard InChI is InChI=1S/C13H12.C10H6.C10H12.C8H8.C4H8.C3H6.2C2H4O2.2CH2Br2.4CH4.2Pd/c1-3-5-7-13-10-8-12(6-4-2)9-11-13;1-3-9-5-7-10(4-2)8-6-9;1-2-3-7-10-8-5-4-6-9-10;1-2-8-6-4-3-5-7-8;1-3-4-2;1-3-2;2*1-2(3)4;2*2-1-3;;;;;;/h8-11H,3H2,1-2H3;1-2,5-8H;3-9H,2H2,1H3;2-7H,1H2;3-4H,1-2H3;3H,1H2,2H3;2*1H3,(H,3,4);2*1H2;4*1H4;;/b;;7-3+;;4-3+;;;;;;;;;;;. The Balaban J connectivity index is -0.0000000531. The molecule has 68 heavy (non-hydrogen) atoms. The number of terminal acetylenes is 2. The third kappa shape index (κ3) is 92.5. The minimum atomic E-state index is -0.833. The van der Waals surface area contributed by atoms with Crippen molar-refractivity contribution in [2.45, 2.75) is 97.9 Å². The van der Waals surface area contributed by atoms with Gasteiger partial charge in [-0.3, -0.25) is 9.59 Å². The van der Waals surface area contributed by atoms with E-state index < -0.39 is 11.9 Å². The molecule has 0 amide bonds. The Labute approximate surface area is 478 Å². The number of alkyl halides is 4. The van der Waals surface area contributed by atoms with E-state index in [-0.39, 0.29) is 70.6 Å². The summed E-state index contributed by atoms with van der Waals surface area (Å²) in [5.74, 6) is 15.3. The van der Waals surface area contributed by atoms with Crippen LogP contribution in [-0.2, 0) is 50.4 Å². The second-order valence-electron chi connectivity index (χ2n) is 10.6. The van der Waals surface area contributed by atoms with Gasteiger partial charge < -0.3 is 10.2 Å². The Bertz CT molecular complexity index is 1850. The molecule has 0 spiro atoms. The summed E-state index contributed by atoms with van der Waals surface area (Å²) in [4.78, 5) is 18.0. The van der Waals surface area contributed by atoms with Crippen LogP contribution in [-0.4, -0.2) is 30.6 Å². The first-order valence-corrected chi connectivity index (χ1v) is 23.4. The van der Waals surface area contributed by atoms with Crippen molar-refractivity contribution in [3.8, 4) is 48.4 Å². The van der Waals surface area contributed by atoms with Crippen LogP contribution in [0.3, 0.4) is 0 Å². The van der Waals surface area contributed by atoms with Gasteiger partial charge in [-0.05, 0) is 93.8 Å². The van der Waals surface area contributed by atoms with Crippen LogP contribution in [0.15, 0.2) is 147 Å². The Hall–Kier alpha value is -3.74. The van der Waals surface area contributed by atoms with E-state index in [0.29, 0.717) is 0 Å². The molecule has 0 radical (unpaired) electrons. The molecule has 0 saturated carbocycles. The second-order valence-corrected chi connectivity index (χ2v) is 15.9. The molecular weight excluding hydrogens is 1290 g/mol. The molecule has 384 valence electrons. The quantitative estimate of drug-likeness (QED) is 0.0928. The van der Waals surface area contributed by atoms with Gasteiger partial charge in [0, 0.05) is 83.4 Å². The maximum atomic E-state index is 9.00. The summed E-state index contributed by atoms with van der Waals surface area (Å²) in [5.41, 5.74) is 6.28. The number of hydrogen-bond acceptors (Lipinski definition) is 2. The molecule has 4 aromatic carbocycles. The van der Waals surface area contributed by atoms with Gasteiger partial charge in [-0.15, -0.1) is 25.3 Å². The molecule has 0 saturated heterocycles. The fraction of sp³-hybridized carbons (Fsp3) is 0.276. The molecule has 0 fully saturated rings. The van der Waals surface area contributed by atoms with Gasteiger partial charge in [-0.2, -0.15) is 0 Å². The van der Waals surface area contributed by atoms with Gasteiger partial charge in [0.15, 0.2) is 0 Å². The number of carboxylic acid groups (broad SMARTS) is 2. The zero-order valence-corrected chi connectivity index (χ0v) is 47.6. The first-order chi connectivity index (χ1) is 29.7. The zero-order valence-electron chi connectivity index (χ0n) is 38.1. The average molecular weight is 1370 g/mol. The molecule has 0 unspecified atom stereocenters. The van der Waals surface area contributed by atoms with Crippen LogP contribution >= 0.6 is 63.7 Å². The molecule has 0 bridgehead atoms. The fourth-order valence-electron chi connectivity index (χ4n) is 3.04. The third-order valence-electron chi connectivity index (χ3n) is 5.50. The molecular formula is C58H80Br4O4Pd2. The van der Waals surface area contributed by atoms with Gasteiger partial charge in [0.25, 0.3) is 11.9 Å². The number of carboxylic acids is 2. The number of aliphatic carboxylic acids is 2. The molecule has 0 heterocycles. The van der Waals surface area contributed by atoms with Crippen molar-refractivity contribution < 1.29 is 60.6 Å². The topological polar surface area (TPSA) is 74.6 Å². The largest absolute Gasteiger partial charge is 0.481 e. The molecule has 4 aromatic rings. The maximum absolute atomic E-state index is 9.00. The summed E-state index contributed by atoms with van der Waals surface area (Å²) in [5, 5.41) is 14.8. The first kappa shape index (κ1) is 94.2. The molecule has 0 atom stereocenters. The molecule has 4 rings (SSSR count). The number of carbonyl (C=O) groups is 2. The van der Waals surface area contributed by atoms with Crippen molar-refractivity contribution in [2.75, 3.05) is 8.48 Å². The Morgan fingerprint density at radius 3 is 1.09 bits per heavy atom. The summed E-state index contributed by atoms with van der Waals surface area (Å²) >= 11 is 12.2. The van der Waals surface area contributed by atoms with Crippen LogP contribution < -0.4 is 0 Å². The van der Waals surface area contributed by atoms with Gasteiger partial charge in [-0.25, -0.2) is 0 Å². The molecule has 4 nitrogen and oxygen atoms in total. The van der Waals surface area contributed by atoms with E-state index in [0.717, 1.165) is 57.4 Å². The molecule has 10 heteroatoms. The summed E-state index contributed by atoms with van der Waals surface area (Å²) in [6, 6.07) is 35.7. The molecule has 2 N–H and O–H groups in total. The van der Waals surface area contributed by atoms with Gasteiger partial charge in [-0.1, -0.05) is 241 Å². The van der Waals surface area contributed by atoms with Crippen LogP contribution in [0.2, 0.25) is 0 Å². The third-order valence-corrected chi connectivity index (χ3v) is 5.50. The number of allylic oxidation sites excluding steroid dienone is 4. The monoisotopic (exact) mass is 1370 g/mol. The Kier molecular flexibility index (Phi) is 115. The molecule has 0 aromatic heterocycles. The Morgan fingerprint density at radius 1 is 0.588 bits per heavy atom. The van der Waals surface area contributed by atoms with Crippen molar-refractivity contribution >= 4 is 87.8 Å². The summed E-state index contributed by atoms with van der Waals surface area (Å²) in [7, 11) is 0. The van der Waals surface area contributed by atoms with Crippen LogP contribution in [0, 0.1) is 48.4 Å². The predicted octanol–water partition coefficient (Wildman–Crippen LogP) is 18.9. The first-order valence-electron chi connectivity index (χ1n) is 18.9. The minimum Gasteiger partial charge on any atom is -0.481 e. The average Bonchev–Trinajstić information content (AvgIpc) is 3.27. The number of benzene rings is 4. The van der Waals surface area contributed by atoms with Gasteiger partial charge in [0.2, 0.25) is 0 Å². The SMILES string of the molecule is BrCBr.BrCBr.C.C.C.C.C#Cc1ccc(C#C)cc1.C/C=C/C.C=CC.C=Cc1ccccc1.CC#Cc1ccc(C#CCC)cc1.CC(=O)O.CC(=O)O.CC/C=C/c1ccccc1.[Pd].[Pd]. The van der Waals surface area contributed by atoms with Crippen molar-refractivity contribution in [1.29, 1.82) is 0 Å². The zero-order chi connectivity index (χ0) is 48.7. The van der Waals surface area contributed by atoms with Crippen LogP contribution in [0.4, 0.5) is 0 Å². The summed E-state index contributed by atoms with van der Waals surface area (Å²) in [6.45, 7) is 21.1. The fourth-order valence-corrected chi connectivity index (χ4v) is 3.04. The molecule has 0 aliphatic rings. The number of rotatable bonds is 3. The maximum Gasteiger partial charge on any atom is 0.300 e. The summed E-state index contributed by atoms with van der Waals surface area (Å²) in [6.07, 6.45) is 24.2. The van der Waals surface area contributed by atoms with E-state index in [4.69, 9.17) is 32.6 Å². The van der Waals surface area contributed by atoms with Gasteiger partial charge >= 0.3 is 0 Å². The molecule has 0 aliphatic carbocycles. The van der Waals surface area contributed by atoms with E-state index in [9.17, 15) is 0 Å².